The molecule has 0 fully saturated rings. The van der Waals surface area contributed by atoms with E-state index in [1.54, 1.807) is 67.7 Å². The Kier molecular flexibility index (Phi) is 6.23. The number of esters is 1. The molecule has 1 heterocycles. The lowest BCUT2D eigenvalue weighted by Crippen LogP contribution is -2.27. The van der Waals surface area contributed by atoms with Gasteiger partial charge in [-0.25, -0.2) is 4.79 Å². The summed E-state index contributed by atoms with van der Waals surface area (Å²) in [6.07, 6.45) is 0. The first kappa shape index (κ1) is 19.8. The number of hydrogen-bond acceptors (Lipinski definition) is 5. The van der Waals surface area contributed by atoms with E-state index in [4.69, 9.17) is 16.3 Å². The smallest absolute Gasteiger partial charge is 0.340 e. The maximum absolute atomic E-state index is 12.6. The summed E-state index contributed by atoms with van der Waals surface area (Å²) >= 11 is 7.12. The Balaban J connectivity index is 1.73. The molecule has 5 nitrogen and oxygen atoms in total. The average molecular weight is 414 g/mol. The number of hydrogen-bond donors (Lipinski definition) is 0. The first-order valence-electron chi connectivity index (χ1n) is 8.34. The molecule has 0 N–H and O–H groups in total. The zero-order valence-electron chi connectivity index (χ0n) is 14.9. The molecule has 0 saturated heterocycles. The van der Waals surface area contributed by atoms with Crippen LogP contribution in [0.15, 0.2) is 66.0 Å². The Hall–Kier alpha value is -2.96. The minimum Gasteiger partial charge on any atom is -0.454 e. The molecule has 1 aromatic heterocycles. The molecule has 2 aromatic carbocycles. The lowest BCUT2D eigenvalue weighted by molar-refractivity contribution is 0.0475. The number of carbonyl (C=O) groups excluding carboxylic acids is 3. The quantitative estimate of drug-likeness (QED) is 0.433. The molecule has 142 valence electrons. The van der Waals surface area contributed by atoms with Crippen LogP contribution in [0.4, 0.5) is 5.69 Å². The summed E-state index contributed by atoms with van der Waals surface area (Å²) in [5.74, 6) is -1.25. The van der Waals surface area contributed by atoms with E-state index in [1.807, 2.05) is 5.38 Å². The van der Waals surface area contributed by atoms with E-state index >= 15 is 0 Å². The number of amides is 1. The summed E-state index contributed by atoms with van der Waals surface area (Å²) in [5, 5.41) is 2.32. The van der Waals surface area contributed by atoms with Gasteiger partial charge in [-0.3, -0.25) is 9.59 Å². The number of rotatable bonds is 6. The van der Waals surface area contributed by atoms with Crippen molar-refractivity contribution in [3.63, 3.8) is 0 Å². The number of ether oxygens (including phenoxy) is 1. The van der Waals surface area contributed by atoms with Crippen molar-refractivity contribution in [3.8, 4) is 0 Å². The highest BCUT2D eigenvalue weighted by molar-refractivity contribution is 7.12. The van der Waals surface area contributed by atoms with E-state index in [-0.39, 0.29) is 17.3 Å². The third kappa shape index (κ3) is 4.47. The molecule has 0 atom stereocenters. The maximum Gasteiger partial charge on any atom is 0.340 e. The van der Waals surface area contributed by atoms with Gasteiger partial charge in [0, 0.05) is 17.6 Å². The van der Waals surface area contributed by atoms with E-state index < -0.39 is 12.6 Å². The Labute approximate surface area is 171 Å². The third-order valence-corrected chi connectivity index (χ3v) is 5.13. The van der Waals surface area contributed by atoms with E-state index in [1.165, 1.54) is 16.2 Å². The Morgan fingerprint density at radius 3 is 2.39 bits per heavy atom. The minimum absolute atomic E-state index is 0.207. The van der Waals surface area contributed by atoms with Crippen LogP contribution in [-0.2, 0) is 4.74 Å². The largest absolute Gasteiger partial charge is 0.454 e. The van der Waals surface area contributed by atoms with Crippen LogP contribution >= 0.6 is 22.9 Å². The van der Waals surface area contributed by atoms with Crippen LogP contribution in [-0.4, -0.2) is 31.3 Å². The summed E-state index contributed by atoms with van der Waals surface area (Å²) in [5.41, 5.74) is 1.01. The van der Waals surface area contributed by atoms with Gasteiger partial charge in [-0.2, -0.15) is 0 Å². The van der Waals surface area contributed by atoms with Crippen molar-refractivity contribution in [2.24, 2.45) is 0 Å². The van der Waals surface area contributed by atoms with Gasteiger partial charge in [0.2, 0.25) is 0 Å². The molecule has 28 heavy (non-hydrogen) atoms. The highest BCUT2D eigenvalue weighted by Gasteiger charge is 2.21. The monoisotopic (exact) mass is 413 g/mol. The number of thiophene rings is 1. The maximum atomic E-state index is 12.6. The van der Waals surface area contributed by atoms with Crippen LogP contribution in [0.1, 0.15) is 30.4 Å². The lowest BCUT2D eigenvalue weighted by Gasteiger charge is -2.19. The summed E-state index contributed by atoms with van der Waals surface area (Å²) in [6, 6.07) is 16.4. The summed E-state index contributed by atoms with van der Waals surface area (Å²) in [7, 11) is 1.59. The fourth-order valence-corrected chi connectivity index (χ4v) is 3.37. The molecule has 0 spiro atoms. The van der Waals surface area contributed by atoms with Crippen molar-refractivity contribution >= 4 is 46.3 Å². The second kappa shape index (κ2) is 8.82. The molecule has 0 aliphatic heterocycles. The fourth-order valence-electron chi connectivity index (χ4n) is 2.54. The first-order chi connectivity index (χ1) is 13.5. The van der Waals surface area contributed by atoms with Crippen molar-refractivity contribution in [1.82, 2.24) is 0 Å². The van der Waals surface area contributed by atoms with E-state index in [0.29, 0.717) is 21.2 Å². The number of para-hydroxylation sites is 1. The summed E-state index contributed by atoms with van der Waals surface area (Å²) < 4.78 is 5.18. The van der Waals surface area contributed by atoms with Crippen LogP contribution in [0.5, 0.6) is 0 Å². The zero-order chi connectivity index (χ0) is 20.1. The number of ketones is 1. The van der Waals surface area contributed by atoms with Crippen molar-refractivity contribution in [3.05, 3.63) is 87.1 Å². The van der Waals surface area contributed by atoms with Gasteiger partial charge in [-0.15, -0.1) is 11.3 Å². The molecule has 3 rings (SSSR count). The van der Waals surface area contributed by atoms with Crippen LogP contribution in [0, 0.1) is 0 Å². The zero-order valence-corrected chi connectivity index (χ0v) is 16.5. The van der Waals surface area contributed by atoms with Crippen LogP contribution in [0.3, 0.4) is 0 Å². The summed E-state index contributed by atoms with van der Waals surface area (Å²) in [4.78, 5) is 39.3. The van der Waals surface area contributed by atoms with E-state index in [2.05, 4.69) is 0 Å². The van der Waals surface area contributed by atoms with E-state index in [9.17, 15) is 14.4 Å². The number of halogens is 1. The molecule has 0 radical (unpaired) electrons. The minimum atomic E-state index is -0.677. The van der Waals surface area contributed by atoms with Crippen molar-refractivity contribution in [2.75, 3.05) is 18.6 Å². The van der Waals surface area contributed by atoms with Gasteiger partial charge in [0.1, 0.15) is 0 Å². The molecule has 7 heteroatoms. The highest BCUT2D eigenvalue weighted by Crippen LogP contribution is 2.23. The number of benzene rings is 2. The predicted octanol–water partition coefficient (Wildman–Crippen LogP) is 4.72. The molecular weight excluding hydrogens is 398 g/mol. The standard InChI is InChI=1S/C21H16ClNO4S/c1-23(20(25)19-7-4-12-28-19)17-6-3-2-5-16(17)21(26)27-13-18(24)14-8-10-15(22)11-9-14/h2-12H,13H2,1H3. The van der Waals surface area contributed by atoms with Crippen LogP contribution in [0.25, 0.3) is 0 Å². The molecule has 0 saturated carbocycles. The van der Waals surface area contributed by atoms with Gasteiger partial charge in [0.05, 0.1) is 16.1 Å². The molecule has 3 aromatic rings. The number of anilines is 1. The van der Waals surface area contributed by atoms with Crippen LogP contribution in [0.2, 0.25) is 5.02 Å². The molecule has 0 aliphatic rings. The summed E-state index contributed by atoms with van der Waals surface area (Å²) in [6.45, 7) is -0.405. The first-order valence-corrected chi connectivity index (χ1v) is 9.59. The molecule has 1 amide bonds. The topological polar surface area (TPSA) is 63.7 Å². The second-order valence-corrected chi connectivity index (χ2v) is 7.25. The number of carbonyl (C=O) groups is 3. The predicted molar refractivity (Wildman–Crippen MR) is 110 cm³/mol. The van der Waals surface area contributed by atoms with Gasteiger partial charge in [0.25, 0.3) is 5.91 Å². The van der Waals surface area contributed by atoms with E-state index in [0.717, 1.165) is 0 Å². The molecule has 0 bridgehead atoms. The van der Waals surface area contributed by atoms with Gasteiger partial charge in [0.15, 0.2) is 12.4 Å². The van der Waals surface area contributed by atoms with Crippen molar-refractivity contribution in [1.29, 1.82) is 0 Å². The van der Waals surface area contributed by atoms with Gasteiger partial charge >= 0.3 is 5.97 Å². The lowest BCUT2D eigenvalue weighted by atomic mass is 10.1. The van der Waals surface area contributed by atoms with Crippen molar-refractivity contribution < 1.29 is 19.1 Å². The molecule has 0 unspecified atom stereocenters. The molecular formula is C21H16ClNO4S. The van der Waals surface area contributed by atoms with Gasteiger partial charge in [-0.05, 0) is 47.8 Å². The highest BCUT2D eigenvalue weighted by atomic mass is 35.5. The Morgan fingerprint density at radius 1 is 1.00 bits per heavy atom. The van der Waals surface area contributed by atoms with Crippen LogP contribution < -0.4 is 4.90 Å². The van der Waals surface area contributed by atoms with Gasteiger partial charge in [-0.1, -0.05) is 29.8 Å². The third-order valence-electron chi connectivity index (χ3n) is 4.02. The second-order valence-electron chi connectivity index (χ2n) is 5.86. The fraction of sp³-hybridized carbons (Fsp3) is 0.0952. The molecule has 0 aliphatic carbocycles. The number of nitrogens with zero attached hydrogens (tertiary/aromatic N) is 1. The van der Waals surface area contributed by atoms with Crippen molar-refractivity contribution in [2.45, 2.75) is 0 Å². The Morgan fingerprint density at radius 2 is 1.71 bits per heavy atom. The number of Topliss-reactive ketones (excluding diaryl/α,β-unsaturated/α-hetero) is 1. The average Bonchev–Trinajstić information content (AvgIpc) is 3.26. The SMILES string of the molecule is CN(C(=O)c1cccs1)c1ccccc1C(=O)OCC(=O)c1ccc(Cl)cc1. The Bertz CT molecular complexity index is 1000. The normalized spacial score (nSPS) is 10.4. The van der Waals surface area contributed by atoms with Gasteiger partial charge < -0.3 is 9.64 Å².